The van der Waals surface area contributed by atoms with Gasteiger partial charge in [0.15, 0.2) is 17.2 Å². The third-order valence-electron chi connectivity index (χ3n) is 5.09. The molecule has 0 unspecified atom stereocenters. The normalized spacial score (nSPS) is 11.2. The zero-order valence-corrected chi connectivity index (χ0v) is 18.6. The summed E-state index contributed by atoms with van der Waals surface area (Å²) in [6.07, 6.45) is 0.288. The Hall–Kier alpha value is -3.35. The first kappa shape index (κ1) is 22.3. The molecule has 1 aromatic carbocycles. The predicted molar refractivity (Wildman–Crippen MR) is 119 cm³/mol. The minimum atomic E-state index is -0.554. The van der Waals surface area contributed by atoms with E-state index in [4.69, 9.17) is 9.47 Å². The van der Waals surface area contributed by atoms with Crippen LogP contribution in [0.2, 0.25) is 0 Å². The van der Waals surface area contributed by atoms with Gasteiger partial charge in [0.1, 0.15) is 5.39 Å². The molecule has 0 saturated carbocycles. The molecule has 0 aliphatic rings. The molecule has 7 nitrogen and oxygen atoms in total. The minimum absolute atomic E-state index is 0.0906. The number of carbonyl (C=O) groups excluding carboxylic acids is 2. The number of fused-ring (bicyclic) bond motifs is 1. The topological polar surface area (TPSA) is 79.5 Å². The lowest BCUT2D eigenvalue weighted by Gasteiger charge is -2.13. The first-order chi connectivity index (χ1) is 14.8. The SMILES string of the molecule is CCOC(=O)c1c(OC(C)C)c2c(=O)n(CC(=O)c3ccccc3)c(CC)cc2n1C. The summed E-state index contributed by atoms with van der Waals surface area (Å²) < 4.78 is 14.2. The van der Waals surface area contributed by atoms with Crippen molar-refractivity contribution >= 4 is 22.7 Å². The second-order valence-corrected chi connectivity index (χ2v) is 7.55. The Morgan fingerprint density at radius 2 is 1.77 bits per heavy atom. The van der Waals surface area contributed by atoms with Gasteiger partial charge in [-0.05, 0) is 33.3 Å². The van der Waals surface area contributed by atoms with Crippen LogP contribution in [0.25, 0.3) is 10.9 Å². The van der Waals surface area contributed by atoms with E-state index in [9.17, 15) is 14.4 Å². The van der Waals surface area contributed by atoms with Crippen molar-refractivity contribution < 1.29 is 19.1 Å². The summed E-state index contributed by atoms with van der Waals surface area (Å²) in [5.74, 6) is -0.523. The largest absolute Gasteiger partial charge is 0.488 e. The van der Waals surface area contributed by atoms with E-state index >= 15 is 0 Å². The first-order valence-electron chi connectivity index (χ1n) is 10.5. The number of esters is 1. The van der Waals surface area contributed by atoms with E-state index in [0.717, 1.165) is 0 Å². The Morgan fingerprint density at radius 3 is 2.35 bits per heavy atom. The fraction of sp³-hybridized carbons (Fsp3) is 0.375. The van der Waals surface area contributed by atoms with Gasteiger partial charge in [0, 0.05) is 18.3 Å². The number of benzene rings is 1. The fourth-order valence-electron chi connectivity index (χ4n) is 3.66. The number of rotatable bonds is 8. The lowest BCUT2D eigenvalue weighted by atomic mass is 10.1. The van der Waals surface area contributed by atoms with Gasteiger partial charge >= 0.3 is 5.97 Å². The third-order valence-corrected chi connectivity index (χ3v) is 5.09. The molecule has 0 aliphatic carbocycles. The van der Waals surface area contributed by atoms with E-state index in [2.05, 4.69) is 0 Å². The monoisotopic (exact) mass is 424 g/mol. The molecule has 2 heterocycles. The van der Waals surface area contributed by atoms with Gasteiger partial charge in [-0.1, -0.05) is 37.3 Å². The van der Waals surface area contributed by atoms with Crippen LogP contribution in [0.1, 0.15) is 54.2 Å². The molecule has 0 aliphatic heterocycles. The van der Waals surface area contributed by atoms with Crippen molar-refractivity contribution in [2.75, 3.05) is 6.61 Å². The van der Waals surface area contributed by atoms with Crippen molar-refractivity contribution in [2.45, 2.75) is 46.8 Å². The van der Waals surface area contributed by atoms with Crippen molar-refractivity contribution in [3.05, 3.63) is 63.7 Å². The Balaban J connectivity index is 2.25. The van der Waals surface area contributed by atoms with Crippen LogP contribution in [0.15, 0.2) is 41.2 Å². The number of aryl methyl sites for hydroxylation is 2. The summed E-state index contributed by atoms with van der Waals surface area (Å²) in [7, 11) is 1.71. The van der Waals surface area contributed by atoms with Gasteiger partial charge in [-0.2, -0.15) is 0 Å². The summed E-state index contributed by atoms with van der Waals surface area (Å²) in [6, 6.07) is 10.7. The molecule has 0 saturated heterocycles. The number of hydrogen-bond acceptors (Lipinski definition) is 5. The summed E-state index contributed by atoms with van der Waals surface area (Å²) in [4.78, 5) is 39.1. The highest BCUT2D eigenvalue weighted by Crippen LogP contribution is 2.32. The van der Waals surface area contributed by atoms with Gasteiger partial charge < -0.3 is 18.6 Å². The van der Waals surface area contributed by atoms with Gasteiger partial charge in [-0.15, -0.1) is 0 Å². The number of nitrogens with zero attached hydrogens (tertiary/aromatic N) is 2. The van der Waals surface area contributed by atoms with Crippen LogP contribution in [0.4, 0.5) is 0 Å². The molecule has 0 spiro atoms. The van der Waals surface area contributed by atoms with Crippen molar-refractivity contribution in [3.8, 4) is 5.75 Å². The Labute approximate surface area is 181 Å². The van der Waals surface area contributed by atoms with Crippen molar-refractivity contribution in [3.63, 3.8) is 0 Å². The standard InChI is InChI=1S/C24H28N2O5/c1-6-17-13-18-20(22(31-15(3)4)21(25(18)5)24(29)30-7-2)23(28)26(17)14-19(27)16-11-9-8-10-12-16/h8-13,15H,6-7,14H2,1-5H3. The fourth-order valence-corrected chi connectivity index (χ4v) is 3.66. The van der Waals surface area contributed by atoms with Crippen molar-refractivity contribution in [1.82, 2.24) is 9.13 Å². The highest BCUT2D eigenvalue weighted by atomic mass is 16.5. The average Bonchev–Trinajstić information content (AvgIpc) is 3.01. The van der Waals surface area contributed by atoms with Crippen LogP contribution in [-0.2, 0) is 24.8 Å². The molecule has 0 atom stereocenters. The van der Waals surface area contributed by atoms with E-state index in [-0.39, 0.29) is 47.4 Å². The highest BCUT2D eigenvalue weighted by Gasteiger charge is 2.28. The van der Waals surface area contributed by atoms with Crippen LogP contribution in [0.5, 0.6) is 5.75 Å². The molecular formula is C24H28N2O5. The van der Waals surface area contributed by atoms with Crippen molar-refractivity contribution in [2.24, 2.45) is 7.05 Å². The zero-order valence-electron chi connectivity index (χ0n) is 18.6. The van der Waals surface area contributed by atoms with Gasteiger partial charge in [0.2, 0.25) is 0 Å². The van der Waals surface area contributed by atoms with Crippen LogP contribution < -0.4 is 10.3 Å². The predicted octanol–water partition coefficient (Wildman–Crippen LogP) is 3.75. The molecule has 0 amide bonds. The van der Waals surface area contributed by atoms with Gasteiger partial charge in [0.05, 0.1) is 24.8 Å². The van der Waals surface area contributed by atoms with Crippen LogP contribution in [-0.4, -0.2) is 33.6 Å². The second kappa shape index (κ2) is 9.20. The second-order valence-electron chi connectivity index (χ2n) is 7.55. The van der Waals surface area contributed by atoms with Crippen LogP contribution >= 0.6 is 0 Å². The smallest absolute Gasteiger partial charge is 0.358 e. The van der Waals surface area contributed by atoms with E-state index in [1.165, 1.54) is 4.57 Å². The lowest BCUT2D eigenvalue weighted by molar-refractivity contribution is 0.0509. The van der Waals surface area contributed by atoms with Crippen LogP contribution in [0, 0.1) is 0 Å². The molecule has 0 fully saturated rings. The number of carbonyl (C=O) groups is 2. The zero-order chi connectivity index (χ0) is 22.7. The maximum atomic E-state index is 13.6. The minimum Gasteiger partial charge on any atom is -0.488 e. The van der Waals surface area contributed by atoms with E-state index < -0.39 is 5.97 Å². The molecule has 0 bridgehead atoms. The molecular weight excluding hydrogens is 396 g/mol. The Kier molecular flexibility index (Phi) is 6.63. The number of Topliss-reactive ketones (excluding diaryl/α,β-unsaturated/α-hetero) is 1. The maximum Gasteiger partial charge on any atom is 0.358 e. The lowest BCUT2D eigenvalue weighted by Crippen LogP contribution is -2.27. The molecule has 3 aromatic rings. The molecule has 2 aromatic heterocycles. The maximum absolute atomic E-state index is 13.6. The molecule has 7 heteroatoms. The van der Waals surface area contributed by atoms with E-state index in [0.29, 0.717) is 23.2 Å². The van der Waals surface area contributed by atoms with E-state index in [1.54, 1.807) is 42.8 Å². The summed E-state index contributed by atoms with van der Waals surface area (Å²) in [5, 5.41) is 0.275. The summed E-state index contributed by atoms with van der Waals surface area (Å²) >= 11 is 0. The summed E-state index contributed by atoms with van der Waals surface area (Å²) in [6.45, 7) is 7.41. The Bertz CT molecular complexity index is 1170. The molecule has 164 valence electrons. The third kappa shape index (κ3) is 4.26. The van der Waals surface area contributed by atoms with Gasteiger partial charge in [-0.3, -0.25) is 9.59 Å². The summed E-state index contributed by atoms with van der Waals surface area (Å²) in [5.41, 5.74) is 1.64. The van der Waals surface area contributed by atoms with Gasteiger partial charge in [-0.25, -0.2) is 4.79 Å². The Morgan fingerprint density at radius 1 is 1.10 bits per heavy atom. The average molecular weight is 424 g/mol. The number of pyridine rings is 1. The quantitative estimate of drug-likeness (QED) is 0.406. The molecule has 31 heavy (non-hydrogen) atoms. The number of hydrogen-bond donors (Lipinski definition) is 0. The number of aromatic nitrogens is 2. The number of ketones is 1. The number of ether oxygens (including phenoxy) is 2. The first-order valence-corrected chi connectivity index (χ1v) is 10.5. The molecule has 0 radical (unpaired) electrons. The van der Waals surface area contributed by atoms with Crippen molar-refractivity contribution in [1.29, 1.82) is 0 Å². The van der Waals surface area contributed by atoms with E-state index in [1.807, 2.05) is 32.9 Å². The molecule has 3 rings (SSSR count). The highest BCUT2D eigenvalue weighted by molar-refractivity contribution is 6.02. The molecule has 0 N–H and O–H groups in total. The van der Waals surface area contributed by atoms with Gasteiger partial charge in [0.25, 0.3) is 5.56 Å². The van der Waals surface area contributed by atoms with Crippen LogP contribution in [0.3, 0.4) is 0 Å².